The van der Waals surface area contributed by atoms with Gasteiger partial charge in [-0.05, 0) is 55.5 Å². The van der Waals surface area contributed by atoms with Crippen LogP contribution in [0.4, 0.5) is 5.69 Å². The lowest BCUT2D eigenvalue weighted by atomic mass is 10.1. The summed E-state index contributed by atoms with van der Waals surface area (Å²) in [5.74, 6) is 0.959. The molecule has 1 aliphatic heterocycles. The predicted octanol–water partition coefficient (Wildman–Crippen LogP) is 3.66. The molecule has 0 aromatic heterocycles. The van der Waals surface area contributed by atoms with Gasteiger partial charge in [0, 0.05) is 25.0 Å². The number of aryl methyl sites for hydroxylation is 1. The van der Waals surface area contributed by atoms with Crippen LogP contribution in [0.5, 0.6) is 5.75 Å². The molecule has 0 radical (unpaired) electrons. The van der Waals surface area contributed by atoms with E-state index in [1.807, 2.05) is 0 Å². The highest BCUT2D eigenvalue weighted by Crippen LogP contribution is 2.22. The van der Waals surface area contributed by atoms with E-state index in [1.54, 1.807) is 53.4 Å². The van der Waals surface area contributed by atoms with Gasteiger partial charge in [0.05, 0.1) is 10.6 Å². The second-order valence-electron chi connectivity index (χ2n) is 6.95. The molecule has 1 heterocycles. The fraction of sp³-hybridized carbons (Fsp3) is 0.381. The molecular weight excluding hydrogens is 412 g/mol. The Labute approximate surface area is 176 Å². The molecule has 0 unspecified atom stereocenters. The van der Waals surface area contributed by atoms with Crippen LogP contribution in [-0.2, 0) is 21.2 Å². The van der Waals surface area contributed by atoms with Crippen molar-refractivity contribution < 1.29 is 17.9 Å². The van der Waals surface area contributed by atoms with E-state index >= 15 is 0 Å². The molecule has 1 aliphatic rings. The molecule has 0 aliphatic carbocycles. The smallest absolute Gasteiger partial charge is 0.261 e. The zero-order valence-corrected chi connectivity index (χ0v) is 17.7. The molecule has 1 N–H and O–H groups in total. The summed E-state index contributed by atoms with van der Waals surface area (Å²) >= 11 is 5.69. The summed E-state index contributed by atoms with van der Waals surface area (Å²) in [4.78, 5) is 14.1. The molecule has 6 nitrogen and oxygen atoms in total. The Morgan fingerprint density at radius 1 is 1.10 bits per heavy atom. The van der Waals surface area contributed by atoms with Crippen molar-refractivity contribution in [2.45, 2.75) is 30.6 Å². The molecule has 0 spiro atoms. The molecule has 0 bridgehead atoms. The van der Waals surface area contributed by atoms with E-state index in [4.69, 9.17) is 16.3 Å². The maximum absolute atomic E-state index is 12.6. The number of likely N-dealkylation sites (tertiary alicyclic amines) is 1. The van der Waals surface area contributed by atoms with Crippen LogP contribution in [-0.4, -0.2) is 44.8 Å². The Kier molecular flexibility index (Phi) is 7.39. The minimum atomic E-state index is -3.72. The van der Waals surface area contributed by atoms with Gasteiger partial charge in [0.1, 0.15) is 5.75 Å². The highest BCUT2D eigenvalue weighted by Gasteiger charge is 2.18. The molecule has 8 heteroatoms. The average Bonchev–Trinajstić information content (AvgIpc) is 3.26. The number of carbonyl (C=O) groups excluding carboxylic acids is 1. The first-order valence-electron chi connectivity index (χ1n) is 9.66. The fourth-order valence-corrected chi connectivity index (χ4v) is 4.36. The maximum atomic E-state index is 12.6. The number of carbonyl (C=O) groups is 1. The Morgan fingerprint density at radius 2 is 1.83 bits per heavy atom. The van der Waals surface area contributed by atoms with Crippen LogP contribution < -0.4 is 9.46 Å². The standard InChI is InChI=1S/C21H25ClN2O4S/c22-12-4-5-17-8-10-20(11-9-17)29(26,27)23-18-6-3-7-19(15-18)28-16-21(25)24-13-1-2-14-24/h3,6-11,15,23H,1-2,4-5,12-14,16H2. The number of rotatable bonds is 9. The maximum Gasteiger partial charge on any atom is 0.261 e. The van der Waals surface area contributed by atoms with Gasteiger partial charge in [-0.15, -0.1) is 11.6 Å². The summed E-state index contributed by atoms with van der Waals surface area (Å²) in [5, 5.41) is 0. The number of anilines is 1. The zero-order chi connectivity index (χ0) is 20.7. The number of nitrogens with zero attached hydrogens (tertiary/aromatic N) is 1. The summed E-state index contributed by atoms with van der Waals surface area (Å²) in [6, 6.07) is 13.4. The highest BCUT2D eigenvalue weighted by molar-refractivity contribution is 7.92. The van der Waals surface area contributed by atoms with Crippen LogP contribution in [0, 0.1) is 0 Å². The largest absolute Gasteiger partial charge is 0.484 e. The molecule has 1 amide bonds. The lowest BCUT2D eigenvalue weighted by Crippen LogP contribution is -2.32. The van der Waals surface area contributed by atoms with Gasteiger partial charge >= 0.3 is 0 Å². The number of hydrogen-bond acceptors (Lipinski definition) is 4. The van der Waals surface area contributed by atoms with Gasteiger partial charge < -0.3 is 9.64 Å². The van der Waals surface area contributed by atoms with Crippen molar-refractivity contribution in [3.63, 3.8) is 0 Å². The van der Waals surface area contributed by atoms with E-state index in [2.05, 4.69) is 4.72 Å². The van der Waals surface area contributed by atoms with Crippen molar-refractivity contribution in [2.24, 2.45) is 0 Å². The quantitative estimate of drug-likeness (QED) is 0.608. The molecule has 1 fully saturated rings. The first-order valence-corrected chi connectivity index (χ1v) is 11.7. The first kappa shape index (κ1) is 21.5. The summed E-state index contributed by atoms with van der Waals surface area (Å²) in [5.41, 5.74) is 1.42. The zero-order valence-electron chi connectivity index (χ0n) is 16.1. The number of sulfonamides is 1. The molecule has 0 saturated carbocycles. The SMILES string of the molecule is O=C(COc1cccc(NS(=O)(=O)c2ccc(CCCCl)cc2)c1)N1CCCC1. The number of alkyl halides is 1. The Hall–Kier alpha value is -2.25. The van der Waals surface area contributed by atoms with E-state index < -0.39 is 10.0 Å². The van der Waals surface area contributed by atoms with Crippen molar-refractivity contribution in [2.75, 3.05) is 30.3 Å². The van der Waals surface area contributed by atoms with Crippen molar-refractivity contribution in [3.8, 4) is 5.75 Å². The molecule has 156 valence electrons. The van der Waals surface area contributed by atoms with E-state index in [9.17, 15) is 13.2 Å². The Bertz CT molecular complexity index is 926. The van der Waals surface area contributed by atoms with Crippen molar-refractivity contribution in [3.05, 3.63) is 54.1 Å². The second-order valence-corrected chi connectivity index (χ2v) is 9.01. The van der Waals surface area contributed by atoms with E-state index in [0.29, 0.717) is 17.3 Å². The number of ether oxygens (including phenoxy) is 1. The van der Waals surface area contributed by atoms with Crippen molar-refractivity contribution in [1.82, 2.24) is 4.90 Å². The second kappa shape index (κ2) is 9.98. The minimum Gasteiger partial charge on any atom is -0.484 e. The fourth-order valence-electron chi connectivity index (χ4n) is 3.17. The third-order valence-electron chi connectivity index (χ3n) is 4.74. The van der Waals surface area contributed by atoms with Crippen molar-refractivity contribution >= 4 is 33.2 Å². The van der Waals surface area contributed by atoms with Gasteiger partial charge in [0.25, 0.3) is 15.9 Å². The average molecular weight is 437 g/mol. The number of amides is 1. The third-order valence-corrected chi connectivity index (χ3v) is 6.40. The van der Waals surface area contributed by atoms with E-state index in [0.717, 1.165) is 44.3 Å². The van der Waals surface area contributed by atoms with Crippen LogP contribution in [0.2, 0.25) is 0 Å². The number of halogens is 1. The minimum absolute atomic E-state index is 0.0530. The molecular formula is C21H25ClN2O4S. The Morgan fingerprint density at radius 3 is 2.52 bits per heavy atom. The summed E-state index contributed by atoms with van der Waals surface area (Å²) in [6.07, 6.45) is 3.71. The predicted molar refractivity (Wildman–Crippen MR) is 114 cm³/mol. The summed E-state index contributed by atoms with van der Waals surface area (Å²) in [7, 11) is -3.72. The number of nitrogens with one attached hydrogen (secondary N) is 1. The van der Waals surface area contributed by atoms with E-state index in [1.165, 1.54) is 0 Å². The molecule has 1 saturated heterocycles. The number of hydrogen-bond donors (Lipinski definition) is 1. The summed E-state index contributed by atoms with van der Waals surface area (Å²) in [6.45, 7) is 1.49. The summed E-state index contributed by atoms with van der Waals surface area (Å²) < 4.78 is 33.4. The normalized spacial score (nSPS) is 14.0. The van der Waals surface area contributed by atoms with Crippen LogP contribution in [0.3, 0.4) is 0 Å². The van der Waals surface area contributed by atoms with E-state index in [-0.39, 0.29) is 17.4 Å². The monoisotopic (exact) mass is 436 g/mol. The molecule has 2 aromatic rings. The van der Waals surface area contributed by atoms with Gasteiger partial charge in [0.2, 0.25) is 0 Å². The van der Waals surface area contributed by atoms with Crippen LogP contribution in [0.1, 0.15) is 24.8 Å². The van der Waals surface area contributed by atoms with Crippen LogP contribution in [0.25, 0.3) is 0 Å². The lowest BCUT2D eigenvalue weighted by molar-refractivity contribution is -0.132. The molecule has 2 aromatic carbocycles. The van der Waals surface area contributed by atoms with Gasteiger partial charge in [-0.3, -0.25) is 9.52 Å². The molecule has 3 rings (SSSR count). The molecule has 29 heavy (non-hydrogen) atoms. The van der Waals surface area contributed by atoms with Gasteiger partial charge in [-0.2, -0.15) is 0 Å². The van der Waals surface area contributed by atoms with Gasteiger partial charge in [0.15, 0.2) is 6.61 Å². The van der Waals surface area contributed by atoms with Gasteiger partial charge in [-0.1, -0.05) is 18.2 Å². The van der Waals surface area contributed by atoms with Gasteiger partial charge in [-0.25, -0.2) is 8.42 Å². The molecule has 0 atom stereocenters. The van der Waals surface area contributed by atoms with Crippen LogP contribution in [0.15, 0.2) is 53.4 Å². The Balaban J connectivity index is 1.61. The number of benzene rings is 2. The van der Waals surface area contributed by atoms with Crippen LogP contribution >= 0.6 is 11.6 Å². The van der Waals surface area contributed by atoms with Crippen molar-refractivity contribution in [1.29, 1.82) is 0 Å². The topological polar surface area (TPSA) is 75.7 Å². The third kappa shape index (κ3) is 6.11. The highest BCUT2D eigenvalue weighted by atomic mass is 35.5. The first-order chi connectivity index (χ1) is 14.0. The lowest BCUT2D eigenvalue weighted by Gasteiger charge is -2.16.